The Morgan fingerprint density at radius 1 is 0.830 bits per heavy atom. The molecule has 1 amide bonds. The third kappa shape index (κ3) is 5.80. The number of carbonyl (C=O) groups is 2. The standard InChI is InChI=1S/C37H30N6O4/c1-46-30-17-15-24(16-18-30)32-20-34(43(40-32)36(44)27-7-6-8-28(19-27)37(45)47-2)31-22-42(29-9-4-3-5-10-29)41-35(31)26-13-11-25(12-14-26)33-21-38-23-39-33/h3-19,21-23,34H,20H2,1-2H3,(H,38,39). The van der Waals surface area contributed by atoms with E-state index in [1.165, 1.54) is 18.2 Å². The summed E-state index contributed by atoms with van der Waals surface area (Å²) >= 11 is 0. The molecule has 6 aromatic rings. The second-order valence-corrected chi connectivity index (χ2v) is 11.0. The van der Waals surface area contributed by atoms with Crippen molar-refractivity contribution in [1.82, 2.24) is 24.8 Å². The first-order chi connectivity index (χ1) is 23.0. The SMILES string of the molecule is COC(=O)c1cccc(C(=O)N2N=C(c3ccc(OC)cc3)CC2c2cn(-c3ccccc3)nc2-c2ccc(-c3cnc[nH]3)cc2)c1. The van der Waals surface area contributed by atoms with Crippen molar-refractivity contribution >= 4 is 17.6 Å². The van der Waals surface area contributed by atoms with Crippen LogP contribution in [0.1, 0.15) is 44.3 Å². The highest BCUT2D eigenvalue weighted by Crippen LogP contribution is 2.39. The largest absolute Gasteiger partial charge is 0.497 e. The van der Waals surface area contributed by atoms with Crippen molar-refractivity contribution in [2.24, 2.45) is 5.10 Å². The summed E-state index contributed by atoms with van der Waals surface area (Å²) in [5, 5.41) is 11.5. The van der Waals surface area contributed by atoms with Gasteiger partial charge in [0, 0.05) is 29.3 Å². The zero-order chi connectivity index (χ0) is 32.3. The molecule has 7 rings (SSSR count). The molecule has 0 saturated carbocycles. The van der Waals surface area contributed by atoms with Crippen molar-refractivity contribution in [1.29, 1.82) is 0 Å². The zero-order valence-electron chi connectivity index (χ0n) is 25.7. The number of amides is 1. The van der Waals surface area contributed by atoms with E-state index in [0.717, 1.165) is 50.8 Å². The number of methoxy groups -OCH3 is 2. The maximum absolute atomic E-state index is 14.3. The number of nitrogens with zero attached hydrogens (tertiary/aromatic N) is 5. The van der Waals surface area contributed by atoms with E-state index < -0.39 is 12.0 Å². The Kier molecular flexibility index (Phi) is 7.89. The van der Waals surface area contributed by atoms with E-state index in [9.17, 15) is 9.59 Å². The molecule has 3 heterocycles. The molecule has 2 aromatic heterocycles. The quantitative estimate of drug-likeness (QED) is 0.189. The van der Waals surface area contributed by atoms with Crippen LogP contribution in [0.4, 0.5) is 0 Å². The normalized spacial score (nSPS) is 14.1. The van der Waals surface area contributed by atoms with Gasteiger partial charge in [0.25, 0.3) is 5.91 Å². The number of H-pyrrole nitrogens is 1. The number of nitrogens with one attached hydrogen (secondary N) is 1. The molecule has 0 spiro atoms. The highest BCUT2D eigenvalue weighted by atomic mass is 16.5. The Morgan fingerprint density at radius 2 is 1.55 bits per heavy atom. The highest BCUT2D eigenvalue weighted by Gasteiger charge is 2.37. The number of hydrogen-bond donors (Lipinski definition) is 1. The molecule has 1 aliphatic heterocycles. The molecule has 4 aromatic carbocycles. The van der Waals surface area contributed by atoms with Crippen molar-refractivity contribution < 1.29 is 19.1 Å². The van der Waals surface area contributed by atoms with Gasteiger partial charge in [0.1, 0.15) is 5.75 Å². The maximum atomic E-state index is 14.3. The van der Waals surface area contributed by atoms with Crippen molar-refractivity contribution in [3.8, 4) is 34.0 Å². The first-order valence-corrected chi connectivity index (χ1v) is 15.0. The number of aromatic amines is 1. The molecule has 0 bridgehead atoms. The number of hydrogen-bond acceptors (Lipinski definition) is 7. The van der Waals surface area contributed by atoms with Gasteiger partial charge in [0.2, 0.25) is 0 Å². The van der Waals surface area contributed by atoms with Crippen LogP contribution in [0.15, 0.2) is 127 Å². The number of benzene rings is 4. The van der Waals surface area contributed by atoms with Gasteiger partial charge in [0.05, 0.1) is 61.1 Å². The van der Waals surface area contributed by atoms with Gasteiger partial charge in [-0.3, -0.25) is 4.79 Å². The summed E-state index contributed by atoms with van der Waals surface area (Å²) in [6.45, 7) is 0. The number of esters is 1. The summed E-state index contributed by atoms with van der Waals surface area (Å²) in [5.41, 5.74) is 7.42. The van der Waals surface area contributed by atoms with E-state index in [0.29, 0.717) is 12.0 Å². The molecule has 1 unspecified atom stereocenters. The minimum absolute atomic E-state index is 0.281. The van der Waals surface area contributed by atoms with E-state index in [4.69, 9.17) is 19.7 Å². The number of carbonyl (C=O) groups excluding carboxylic acids is 2. The molecule has 232 valence electrons. The molecule has 0 fully saturated rings. The molecule has 0 aliphatic carbocycles. The Balaban J connectivity index is 1.34. The lowest BCUT2D eigenvalue weighted by molar-refractivity contribution is 0.0600. The average molecular weight is 623 g/mol. The van der Waals surface area contributed by atoms with Crippen LogP contribution in [0.2, 0.25) is 0 Å². The van der Waals surface area contributed by atoms with Gasteiger partial charge in [0.15, 0.2) is 0 Å². The smallest absolute Gasteiger partial charge is 0.337 e. The number of rotatable bonds is 8. The van der Waals surface area contributed by atoms with E-state index in [1.807, 2.05) is 89.7 Å². The molecular weight excluding hydrogens is 592 g/mol. The number of hydrazone groups is 1. The average Bonchev–Trinajstić information content (AvgIpc) is 3.92. The first-order valence-electron chi connectivity index (χ1n) is 15.0. The predicted octanol–water partition coefficient (Wildman–Crippen LogP) is 6.72. The monoisotopic (exact) mass is 622 g/mol. The molecule has 47 heavy (non-hydrogen) atoms. The van der Waals surface area contributed by atoms with Crippen LogP contribution in [0.5, 0.6) is 5.75 Å². The zero-order valence-corrected chi connectivity index (χ0v) is 25.7. The summed E-state index contributed by atoms with van der Waals surface area (Å²) in [6.07, 6.45) is 5.83. The second kappa shape index (κ2) is 12.6. The lowest BCUT2D eigenvalue weighted by atomic mass is 9.95. The van der Waals surface area contributed by atoms with Crippen LogP contribution in [0, 0.1) is 0 Å². The minimum atomic E-state index is -0.523. The van der Waals surface area contributed by atoms with Crippen molar-refractivity contribution in [2.75, 3.05) is 14.2 Å². The van der Waals surface area contributed by atoms with Crippen LogP contribution < -0.4 is 4.74 Å². The molecule has 10 nitrogen and oxygen atoms in total. The van der Waals surface area contributed by atoms with Gasteiger partial charge in [-0.25, -0.2) is 19.5 Å². The van der Waals surface area contributed by atoms with Gasteiger partial charge in [-0.1, -0.05) is 48.5 Å². The third-order valence-electron chi connectivity index (χ3n) is 8.16. The lowest BCUT2D eigenvalue weighted by Crippen LogP contribution is -2.27. The number of ether oxygens (including phenoxy) is 2. The highest BCUT2D eigenvalue weighted by molar-refractivity contribution is 6.05. The van der Waals surface area contributed by atoms with Gasteiger partial charge in [-0.2, -0.15) is 10.2 Å². The van der Waals surface area contributed by atoms with E-state index in [-0.39, 0.29) is 11.5 Å². The number of aromatic nitrogens is 4. The van der Waals surface area contributed by atoms with Crippen LogP contribution in [0.25, 0.3) is 28.2 Å². The minimum Gasteiger partial charge on any atom is -0.497 e. The van der Waals surface area contributed by atoms with E-state index in [1.54, 1.807) is 37.8 Å². The Labute approximate surface area is 270 Å². The fraction of sp³-hybridized carbons (Fsp3) is 0.108. The van der Waals surface area contributed by atoms with E-state index in [2.05, 4.69) is 9.97 Å². The number of para-hydroxylation sites is 1. The van der Waals surface area contributed by atoms with Gasteiger partial charge >= 0.3 is 5.97 Å². The lowest BCUT2D eigenvalue weighted by Gasteiger charge is -2.22. The molecule has 1 N–H and O–H groups in total. The molecule has 1 atom stereocenters. The topological polar surface area (TPSA) is 115 Å². The second-order valence-electron chi connectivity index (χ2n) is 11.0. The Bertz CT molecular complexity index is 2070. The van der Waals surface area contributed by atoms with Crippen LogP contribution in [0.3, 0.4) is 0 Å². The summed E-state index contributed by atoms with van der Waals surface area (Å²) in [6, 6.07) is 31.5. The van der Waals surface area contributed by atoms with Crippen molar-refractivity contribution in [3.05, 3.63) is 144 Å². The van der Waals surface area contributed by atoms with Crippen LogP contribution in [-0.2, 0) is 4.74 Å². The Hall–Kier alpha value is -6.29. The van der Waals surface area contributed by atoms with Crippen LogP contribution >= 0.6 is 0 Å². The first kappa shape index (κ1) is 29.4. The van der Waals surface area contributed by atoms with Gasteiger partial charge in [-0.05, 0) is 65.7 Å². The maximum Gasteiger partial charge on any atom is 0.337 e. The molecule has 1 aliphatic rings. The van der Waals surface area contributed by atoms with Crippen LogP contribution in [-0.4, -0.2) is 56.6 Å². The van der Waals surface area contributed by atoms with E-state index >= 15 is 0 Å². The molecule has 0 saturated heterocycles. The molecular formula is C37H30N6O4. The fourth-order valence-electron chi connectivity index (χ4n) is 5.72. The summed E-state index contributed by atoms with van der Waals surface area (Å²) in [4.78, 5) is 33.9. The number of imidazole rings is 1. The van der Waals surface area contributed by atoms with Crippen molar-refractivity contribution in [3.63, 3.8) is 0 Å². The third-order valence-corrected chi connectivity index (χ3v) is 8.16. The Morgan fingerprint density at radius 3 is 2.26 bits per heavy atom. The summed E-state index contributed by atoms with van der Waals surface area (Å²) < 4.78 is 12.1. The summed E-state index contributed by atoms with van der Waals surface area (Å²) in [7, 11) is 2.93. The molecule has 0 radical (unpaired) electrons. The van der Waals surface area contributed by atoms with Gasteiger partial charge in [-0.15, -0.1) is 0 Å². The molecule has 10 heteroatoms. The summed E-state index contributed by atoms with van der Waals surface area (Å²) in [5.74, 6) is -0.149. The fourth-order valence-corrected chi connectivity index (χ4v) is 5.72. The van der Waals surface area contributed by atoms with Crippen molar-refractivity contribution in [2.45, 2.75) is 12.5 Å². The van der Waals surface area contributed by atoms with Gasteiger partial charge < -0.3 is 14.5 Å². The predicted molar refractivity (Wildman–Crippen MR) is 177 cm³/mol.